The smallest absolute Gasteiger partial charge is 0.282 e. The Morgan fingerprint density at radius 3 is 2.65 bits per heavy atom. The van der Waals surface area contributed by atoms with Crippen molar-refractivity contribution >= 4 is 11.8 Å². The molecule has 0 radical (unpaired) electrons. The molecule has 0 bridgehead atoms. The molecule has 6 heteroatoms. The first kappa shape index (κ1) is 13.4. The van der Waals surface area contributed by atoms with Gasteiger partial charge in [0, 0.05) is 11.8 Å². The van der Waals surface area contributed by atoms with Crippen molar-refractivity contribution in [1.29, 1.82) is 0 Å². The topological polar surface area (TPSA) is 56.4 Å². The van der Waals surface area contributed by atoms with E-state index in [1.165, 1.54) is 18.2 Å². The number of rotatable bonds is 2. The number of carbonyl (C=O) groups excluding carboxylic acids is 1. The first-order valence-electron chi connectivity index (χ1n) is 6.94. The minimum absolute atomic E-state index is 0.0750. The number of hydrogen-bond donors (Lipinski definition) is 0. The number of aldehydes is 1. The summed E-state index contributed by atoms with van der Waals surface area (Å²) in [5, 5.41) is 4.26. The number of para-hydroxylation sites is 1. The van der Waals surface area contributed by atoms with Crippen LogP contribution < -0.4 is 5.56 Å². The molecule has 0 saturated carbocycles. The summed E-state index contributed by atoms with van der Waals surface area (Å²) in [6.45, 7) is 0. The van der Waals surface area contributed by atoms with Crippen LogP contribution in [0.1, 0.15) is 10.4 Å². The van der Waals surface area contributed by atoms with Crippen molar-refractivity contribution in [2.24, 2.45) is 0 Å². The van der Waals surface area contributed by atoms with E-state index in [-0.39, 0.29) is 11.3 Å². The zero-order valence-electron chi connectivity index (χ0n) is 11.8. The number of nitrogens with zero attached hydrogens (tertiary/aromatic N) is 3. The third-order valence-electron chi connectivity index (χ3n) is 3.75. The Hall–Kier alpha value is -3.28. The second-order valence-electron chi connectivity index (χ2n) is 5.08. The van der Waals surface area contributed by atoms with Crippen LogP contribution in [0.15, 0.2) is 59.5 Å². The molecule has 112 valence electrons. The summed E-state index contributed by atoms with van der Waals surface area (Å²) in [5.41, 5.74) is 0.882. The molecule has 5 nitrogen and oxygen atoms in total. The molecule has 0 spiro atoms. The van der Waals surface area contributed by atoms with Crippen LogP contribution >= 0.6 is 0 Å². The van der Waals surface area contributed by atoms with Crippen molar-refractivity contribution in [1.82, 2.24) is 14.2 Å². The molecule has 23 heavy (non-hydrogen) atoms. The van der Waals surface area contributed by atoms with Gasteiger partial charge in [0.05, 0.1) is 11.1 Å². The van der Waals surface area contributed by atoms with Crippen molar-refractivity contribution < 1.29 is 9.18 Å². The molecular formula is C17H10FN3O2. The summed E-state index contributed by atoms with van der Waals surface area (Å²) in [6.07, 6.45) is 2.40. The van der Waals surface area contributed by atoms with Gasteiger partial charge in [-0.2, -0.15) is 4.68 Å². The zero-order valence-corrected chi connectivity index (χ0v) is 11.8. The molecule has 0 aliphatic carbocycles. The average Bonchev–Trinajstić information content (AvgIpc) is 2.91. The van der Waals surface area contributed by atoms with E-state index in [4.69, 9.17) is 0 Å². The predicted octanol–water partition coefficient (Wildman–Crippen LogP) is 2.54. The molecular weight excluding hydrogens is 297 g/mol. The van der Waals surface area contributed by atoms with Crippen LogP contribution in [0.25, 0.3) is 22.6 Å². The second kappa shape index (κ2) is 4.88. The summed E-state index contributed by atoms with van der Waals surface area (Å²) in [6, 6.07) is 12.7. The minimum atomic E-state index is -0.540. The largest absolute Gasteiger partial charge is 0.299 e. The Balaban J connectivity index is 2.15. The standard InChI is InChI=1S/C17H10FN3O2/c18-13-5-1-2-7-15(13)21-17(23)12-9-11(10-22)14-6-3-4-8-20(14)16(12)19-21/h1-10H. The van der Waals surface area contributed by atoms with Crippen LogP contribution in [0.2, 0.25) is 0 Å². The highest BCUT2D eigenvalue weighted by Gasteiger charge is 2.21. The quantitative estimate of drug-likeness (QED) is 0.535. The zero-order chi connectivity index (χ0) is 16.0. The molecule has 0 saturated heterocycles. The maximum absolute atomic E-state index is 14.0. The fourth-order valence-electron chi connectivity index (χ4n) is 2.68. The predicted molar refractivity (Wildman–Crippen MR) is 82.8 cm³/mol. The highest BCUT2D eigenvalue weighted by molar-refractivity contribution is 5.89. The lowest BCUT2D eigenvalue weighted by molar-refractivity contribution is 0.112. The van der Waals surface area contributed by atoms with Crippen LogP contribution in [0.4, 0.5) is 4.39 Å². The van der Waals surface area contributed by atoms with E-state index in [1.54, 1.807) is 40.9 Å². The van der Waals surface area contributed by atoms with Gasteiger partial charge in [-0.1, -0.05) is 18.2 Å². The molecule has 0 amide bonds. The van der Waals surface area contributed by atoms with Crippen molar-refractivity contribution in [2.45, 2.75) is 0 Å². The van der Waals surface area contributed by atoms with Gasteiger partial charge in [0.15, 0.2) is 12.1 Å². The van der Waals surface area contributed by atoms with E-state index >= 15 is 0 Å². The lowest BCUT2D eigenvalue weighted by atomic mass is 10.1. The van der Waals surface area contributed by atoms with Crippen LogP contribution in [0.3, 0.4) is 0 Å². The molecule has 0 fully saturated rings. The van der Waals surface area contributed by atoms with Gasteiger partial charge in [0.1, 0.15) is 11.5 Å². The molecule has 1 aromatic carbocycles. The van der Waals surface area contributed by atoms with E-state index in [2.05, 4.69) is 5.10 Å². The van der Waals surface area contributed by atoms with Crippen LogP contribution in [-0.2, 0) is 0 Å². The van der Waals surface area contributed by atoms with Crippen LogP contribution in [0, 0.1) is 5.82 Å². The summed E-state index contributed by atoms with van der Waals surface area (Å²) < 4.78 is 16.7. The van der Waals surface area contributed by atoms with Crippen LogP contribution in [0.5, 0.6) is 0 Å². The van der Waals surface area contributed by atoms with Crippen molar-refractivity contribution in [3.8, 4) is 17.1 Å². The van der Waals surface area contributed by atoms with Gasteiger partial charge in [-0.05, 0) is 30.3 Å². The number of benzene rings is 1. The fourth-order valence-corrected chi connectivity index (χ4v) is 2.68. The van der Waals surface area contributed by atoms with Crippen molar-refractivity contribution in [2.75, 3.05) is 0 Å². The highest BCUT2D eigenvalue weighted by Crippen LogP contribution is 2.23. The number of hydrogen-bond acceptors (Lipinski definition) is 3. The third-order valence-corrected chi connectivity index (χ3v) is 3.75. The summed E-state index contributed by atoms with van der Waals surface area (Å²) in [5.74, 6) is -0.165. The van der Waals surface area contributed by atoms with E-state index in [0.717, 1.165) is 4.68 Å². The van der Waals surface area contributed by atoms with Gasteiger partial charge >= 0.3 is 0 Å². The molecule has 2 aliphatic heterocycles. The monoisotopic (exact) mass is 307 g/mol. The SMILES string of the molecule is O=Cc1cc2c(=O)n(-c3ccccc3F)nc-2n2ccccc12. The Morgan fingerprint density at radius 2 is 1.87 bits per heavy atom. The Bertz CT molecular complexity index is 1080. The van der Waals surface area contributed by atoms with E-state index in [1.807, 2.05) is 0 Å². The summed E-state index contributed by atoms with van der Waals surface area (Å²) in [4.78, 5) is 23.9. The molecule has 0 atom stereocenters. The lowest BCUT2D eigenvalue weighted by Crippen LogP contribution is -2.15. The maximum Gasteiger partial charge on any atom is 0.282 e. The van der Waals surface area contributed by atoms with Crippen LogP contribution in [-0.4, -0.2) is 20.5 Å². The van der Waals surface area contributed by atoms with E-state index < -0.39 is 11.4 Å². The van der Waals surface area contributed by atoms with Gasteiger partial charge in [0.2, 0.25) is 0 Å². The lowest BCUT2D eigenvalue weighted by Gasteiger charge is -2.07. The minimum Gasteiger partial charge on any atom is -0.299 e. The number of halogens is 1. The highest BCUT2D eigenvalue weighted by atomic mass is 19.1. The normalized spacial score (nSPS) is 11.2. The molecule has 1 aromatic heterocycles. The van der Waals surface area contributed by atoms with E-state index in [0.29, 0.717) is 23.2 Å². The summed E-state index contributed by atoms with van der Waals surface area (Å²) >= 11 is 0. The molecule has 0 N–H and O–H groups in total. The first-order chi connectivity index (χ1) is 11.2. The number of pyridine rings is 2. The van der Waals surface area contributed by atoms with Gasteiger partial charge in [-0.25, -0.2) is 4.39 Å². The molecule has 3 heterocycles. The number of carbonyl (C=O) groups is 1. The Kier molecular flexibility index (Phi) is 2.84. The van der Waals surface area contributed by atoms with Gasteiger partial charge in [0.25, 0.3) is 5.56 Å². The average molecular weight is 307 g/mol. The van der Waals surface area contributed by atoms with Gasteiger partial charge in [-0.15, -0.1) is 5.10 Å². The fraction of sp³-hybridized carbons (Fsp3) is 0. The van der Waals surface area contributed by atoms with Crippen molar-refractivity contribution in [3.05, 3.63) is 76.5 Å². The third kappa shape index (κ3) is 1.88. The van der Waals surface area contributed by atoms with Gasteiger partial charge < -0.3 is 0 Å². The van der Waals surface area contributed by atoms with Gasteiger partial charge in [-0.3, -0.25) is 14.0 Å². The van der Waals surface area contributed by atoms with Crippen molar-refractivity contribution in [3.63, 3.8) is 0 Å². The Labute approximate surface area is 129 Å². The molecule has 2 aliphatic rings. The maximum atomic E-state index is 14.0. The molecule has 4 rings (SSSR count). The number of fused-ring (bicyclic) bond motifs is 3. The molecule has 2 aromatic rings. The Morgan fingerprint density at radius 1 is 1.09 bits per heavy atom. The summed E-state index contributed by atoms with van der Waals surface area (Å²) in [7, 11) is 0. The number of aromatic nitrogens is 3. The van der Waals surface area contributed by atoms with E-state index in [9.17, 15) is 14.0 Å². The second-order valence-corrected chi connectivity index (χ2v) is 5.08. The first-order valence-corrected chi connectivity index (χ1v) is 6.94. The molecule has 0 unspecified atom stereocenters.